The Morgan fingerprint density at radius 3 is 2.40 bits per heavy atom. The van der Waals surface area contributed by atoms with E-state index in [0.717, 1.165) is 13.1 Å². The van der Waals surface area contributed by atoms with Crippen LogP contribution in [0.1, 0.15) is 91.4 Å². The fourth-order valence-corrected chi connectivity index (χ4v) is 3.37. The van der Waals surface area contributed by atoms with Crippen LogP contribution in [0, 0.1) is 0 Å². The van der Waals surface area contributed by atoms with E-state index in [2.05, 4.69) is 26.1 Å². The van der Waals surface area contributed by atoms with Crippen LogP contribution in [0.2, 0.25) is 0 Å². The van der Waals surface area contributed by atoms with Gasteiger partial charge in [0.25, 0.3) is 0 Å². The summed E-state index contributed by atoms with van der Waals surface area (Å²) in [5.41, 5.74) is 0.137. The quantitative estimate of drug-likeness (QED) is 0.535. The molecular weight excluding hydrogens is 246 g/mol. The molecule has 0 spiro atoms. The molecule has 1 N–H and O–H groups in total. The van der Waals surface area contributed by atoms with Crippen molar-refractivity contribution in [2.75, 3.05) is 13.1 Å². The Labute approximate surface area is 127 Å². The Balaban J connectivity index is 2.34. The highest BCUT2D eigenvalue weighted by molar-refractivity contribution is 4.87. The predicted molar refractivity (Wildman–Crippen MR) is 88.3 cm³/mol. The van der Waals surface area contributed by atoms with Gasteiger partial charge in [0.1, 0.15) is 0 Å². The van der Waals surface area contributed by atoms with Crippen LogP contribution in [0.5, 0.6) is 0 Å². The zero-order valence-electron chi connectivity index (χ0n) is 14.2. The minimum Gasteiger partial charge on any atom is -0.371 e. The topological polar surface area (TPSA) is 21.3 Å². The van der Waals surface area contributed by atoms with Gasteiger partial charge in [0.15, 0.2) is 0 Å². The SMILES string of the molecule is CCCCCCC(C)OC1(CNCCC)CCCCC1. The fraction of sp³-hybridized carbons (Fsp3) is 1.00. The van der Waals surface area contributed by atoms with Gasteiger partial charge < -0.3 is 10.1 Å². The third-order valence-electron chi connectivity index (χ3n) is 4.55. The second-order valence-electron chi connectivity index (χ2n) is 6.70. The minimum absolute atomic E-state index is 0.137. The monoisotopic (exact) mass is 283 g/mol. The van der Waals surface area contributed by atoms with E-state index in [1.165, 1.54) is 70.6 Å². The van der Waals surface area contributed by atoms with E-state index >= 15 is 0 Å². The van der Waals surface area contributed by atoms with Crippen molar-refractivity contribution in [3.05, 3.63) is 0 Å². The zero-order chi connectivity index (χ0) is 14.7. The van der Waals surface area contributed by atoms with Crippen molar-refractivity contribution < 1.29 is 4.74 Å². The molecule has 0 aromatic heterocycles. The second kappa shape index (κ2) is 10.6. The Kier molecular flexibility index (Phi) is 9.54. The standard InChI is InChI=1S/C18H37NO/c1-4-6-7-9-12-17(3)20-18(16-19-15-5-2)13-10-8-11-14-18/h17,19H,4-16H2,1-3H3. The van der Waals surface area contributed by atoms with Gasteiger partial charge in [-0.05, 0) is 39.2 Å². The third-order valence-corrected chi connectivity index (χ3v) is 4.55. The molecule has 0 radical (unpaired) electrons. The van der Waals surface area contributed by atoms with Crippen molar-refractivity contribution in [2.24, 2.45) is 0 Å². The van der Waals surface area contributed by atoms with Gasteiger partial charge in [-0.25, -0.2) is 0 Å². The summed E-state index contributed by atoms with van der Waals surface area (Å²) in [7, 11) is 0. The molecule has 1 atom stereocenters. The maximum atomic E-state index is 6.54. The van der Waals surface area contributed by atoms with Crippen molar-refractivity contribution in [3.8, 4) is 0 Å². The predicted octanol–water partition coefficient (Wildman–Crippen LogP) is 5.06. The van der Waals surface area contributed by atoms with Gasteiger partial charge in [-0.1, -0.05) is 58.8 Å². The first kappa shape index (κ1) is 18.0. The van der Waals surface area contributed by atoms with Gasteiger partial charge in [0.2, 0.25) is 0 Å². The first-order chi connectivity index (χ1) is 9.72. The van der Waals surface area contributed by atoms with Crippen LogP contribution < -0.4 is 5.32 Å². The highest BCUT2D eigenvalue weighted by Crippen LogP contribution is 2.33. The zero-order valence-corrected chi connectivity index (χ0v) is 14.2. The van der Waals surface area contributed by atoms with Crippen LogP contribution in [0.25, 0.3) is 0 Å². The van der Waals surface area contributed by atoms with Crippen molar-refractivity contribution in [2.45, 2.75) is 103 Å². The van der Waals surface area contributed by atoms with Gasteiger partial charge in [-0.15, -0.1) is 0 Å². The molecule has 2 nitrogen and oxygen atoms in total. The summed E-state index contributed by atoms with van der Waals surface area (Å²) in [5, 5.41) is 3.60. The van der Waals surface area contributed by atoms with Crippen molar-refractivity contribution in [3.63, 3.8) is 0 Å². The van der Waals surface area contributed by atoms with Crippen LogP contribution in [0.3, 0.4) is 0 Å². The Morgan fingerprint density at radius 1 is 1.00 bits per heavy atom. The third kappa shape index (κ3) is 7.08. The van der Waals surface area contributed by atoms with E-state index in [9.17, 15) is 0 Å². The number of hydrogen-bond acceptors (Lipinski definition) is 2. The molecule has 1 fully saturated rings. The number of unbranched alkanes of at least 4 members (excludes halogenated alkanes) is 3. The smallest absolute Gasteiger partial charge is 0.0809 e. The molecule has 1 aliphatic rings. The Hall–Kier alpha value is -0.0800. The van der Waals surface area contributed by atoms with Crippen LogP contribution >= 0.6 is 0 Å². The van der Waals surface area contributed by atoms with Gasteiger partial charge in [0.05, 0.1) is 11.7 Å². The lowest BCUT2D eigenvalue weighted by molar-refractivity contribution is -0.108. The molecule has 1 unspecified atom stereocenters. The lowest BCUT2D eigenvalue weighted by atomic mass is 9.84. The van der Waals surface area contributed by atoms with Gasteiger partial charge in [0, 0.05) is 6.54 Å². The number of hydrogen-bond donors (Lipinski definition) is 1. The number of rotatable bonds is 11. The van der Waals surface area contributed by atoms with E-state index in [0.29, 0.717) is 6.10 Å². The van der Waals surface area contributed by atoms with Crippen LogP contribution in [0.15, 0.2) is 0 Å². The summed E-state index contributed by atoms with van der Waals surface area (Å²) in [4.78, 5) is 0. The van der Waals surface area contributed by atoms with E-state index in [-0.39, 0.29) is 5.60 Å². The summed E-state index contributed by atoms with van der Waals surface area (Å²) in [6, 6.07) is 0. The number of nitrogens with one attached hydrogen (secondary N) is 1. The van der Waals surface area contributed by atoms with E-state index in [4.69, 9.17) is 4.74 Å². The molecule has 0 aromatic rings. The lowest BCUT2D eigenvalue weighted by Crippen LogP contribution is -2.46. The molecule has 0 amide bonds. The van der Waals surface area contributed by atoms with Crippen molar-refractivity contribution in [1.29, 1.82) is 0 Å². The summed E-state index contributed by atoms with van der Waals surface area (Å²) in [6.45, 7) is 8.96. The maximum absolute atomic E-state index is 6.54. The second-order valence-corrected chi connectivity index (χ2v) is 6.70. The normalized spacial score (nSPS) is 19.9. The van der Waals surface area contributed by atoms with Gasteiger partial charge in [-0.2, -0.15) is 0 Å². The highest BCUT2D eigenvalue weighted by Gasteiger charge is 2.33. The van der Waals surface area contributed by atoms with E-state index in [1.807, 2.05) is 0 Å². The highest BCUT2D eigenvalue weighted by atomic mass is 16.5. The van der Waals surface area contributed by atoms with Crippen molar-refractivity contribution >= 4 is 0 Å². The summed E-state index contributed by atoms with van der Waals surface area (Å²) < 4.78 is 6.54. The molecule has 0 aliphatic heterocycles. The van der Waals surface area contributed by atoms with Crippen LogP contribution in [-0.2, 0) is 4.74 Å². The molecule has 0 aromatic carbocycles. The van der Waals surface area contributed by atoms with E-state index < -0.39 is 0 Å². The number of ether oxygens (including phenoxy) is 1. The average molecular weight is 284 g/mol. The van der Waals surface area contributed by atoms with Gasteiger partial charge in [-0.3, -0.25) is 0 Å². The molecule has 1 aliphatic carbocycles. The fourth-order valence-electron chi connectivity index (χ4n) is 3.37. The largest absolute Gasteiger partial charge is 0.371 e. The van der Waals surface area contributed by atoms with Crippen LogP contribution in [0.4, 0.5) is 0 Å². The Bertz CT molecular complexity index is 223. The van der Waals surface area contributed by atoms with Crippen LogP contribution in [-0.4, -0.2) is 24.8 Å². The maximum Gasteiger partial charge on any atom is 0.0809 e. The molecule has 1 saturated carbocycles. The summed E-state index contributed by atoms with van der Waals surface area (Å²) in [6.07, 6.45) is 14.8. The summed E-state index contributed by atoms with van der Waals surface area (Å²) >= 11 is 0. The first-order valence-electron chi connectivity index (χ1n) is 9.11. The Morgan fingerprint density at radius 2 is 1.75 bits per heavy atom. The summed E-state index contributed by atoms with van der Waals surface area (Å²) in [5.74, 6) is 0. The molecule has 120 valence electrons. The van der Waals surface area contributed by atoms with E-state index in [1.54, 1.807) is 0 Å². The molecule has 20 heavy (non-hydrogen) atoms. The molecule has 1 rings (SSSR count). The molecule has 2 heteroatoms. The molecule has 0 bridgehead atoms. The molecule has 0 heterocycles. The molecular formula is C18H37NO. The minimum atomic E-state index is 0.137. The molecule has 0 saturated heterocycles. The van der Waals surface area contributed by atoms with Crippen molar-refractivity contribution in [1.82, 2.24) is 5.32 Å². The van der Waals surface area contributed by atoms with Gasteiger partial charge >= 0.3 is 0 Å². The lowest BCUT2D eigenvalue weighted by Gasteiger charge is -2.40. The average Bonchev–Trinajstić information content (AvgIpc) is 2.45. The first-order valence-corrected chi connectivity index (χ1v) is 9.11.